The standard InChI is InChI=1S/C15H28N4O/c1-3-19(4-2)11-13(16)15-17-14(20-18-15)10-9-12-7-5-6-8-12/h12-13H,3-11,16H2,1-2H3. The van der Waals surface area contributed by atoms with Crippen LogP contribution in [0.25, 0.3) is 0 Å². The van der Waals surface area contributed by atoms with Crippen molar-refractivity contribution >= 4 is 0 Å². The van der Waals surface area contributed by atoms with Gasteiger partial charge in [0.1, 0.15) is 0 Å². The molecule has 1 aliphatic carbocycles. The quantitative estimate of drug-likeness (QED) is 0.792. The zero-order valence-corrected chi connectivity index (χ0v) is 12.8. The molecule has 0 saturated heterocycles. The van der Waals surface area contributed by atoms with Gasteiger partial charge in [0.05, 0.1) is 6.04 Å². The molecule has 0 bridgehead atoms. The van der Waals surface area contributed by atoms with Crippen LogP contribution in [0.4, 0.5) is 0 Å². The Balaban J connectivity index is 1.81. The zero-order valence-electron chi connectivity index (χ0n) is 12.8. The van der Waals surface area contributed by atoms with Crippen LogP contribution in [0.3, 0.4) is 0 Å². The van der Waals surface area contributed by atoms with Crippen LogP contribution in [0.1, 0.15) is 63.7 Å². The predicted molar refractivity (Wildman–Crippen MR) is 79.3 cm³/mol. The number of nitrogens with zero attached hydrogens (tertiary/aromatic N) is 3. The molecule has 0 spiro atoms. The monoisotopic (exact) mass is 280 g/mol. The highest BCUT2D eigenvalue weighted by Crippen LogP contribution is 2.28. The molecule has 1 aromatic heterocycles. The topological polar surface area (TPSA) is 68.2 Å². The number of hydrogen-bond acceptors (Lipinski definition) is 5. The Morgan fingerprint density at radius 2 is 2.00 bits per heavy atom. The van der Waals surface area contributed by atoms with Crippen molar-refractivity contribution in [3.05, 3.63) is 11.7 Å². The fraction of sp³-hybridized carbons (Fsp3) is 0.867. The number of aryl methyl sites for hydroxylation is 1. The van der Waals surface area contributed by atoms with E-state index < -0.39 is 0 Å². The first-order valence-electron chi connectivity index (χ1n) is 8.03. The molecule has 1 aromatic rings. The van der Waals surface area contributed by atoms with Crippen LogP contribution in [0.15, 0.2) is 4.52 Å². The van der Waals surface area contributed by atoms with E-state index >= 15 is 0 Å². The average molecular weight is 280 g/mol. The van der Waals surface area contributed by atoms with Gasteiger partial charge in [-0.2, -0.15) is 4.98 Å². The molecule has 5 nitrogen and oxygen atoms in total. The maximum atomic E-state index is 6.15. The third kappa shape index (κ3) is 4.28. The number of hydrogen-bond donors (Lipinski definition) is 1. The third-order valence-corrected chi connectivity index (χ3v) is 4.41. The fourth-order valence-electron chi connectivity index (χ4n) is 2.99. The molecule has 114 valence electrons. The van der Waals surface area contributed by atoms with Gasteiger partial charge in [-0.1, -0.05) is 44.7 Å². The van der Waals surface area contributed by atoms with E-state index in [0.717, 1.165) is 37.9 Å². The lowest BCUT2D eigenvalue weighted by Gasteiger charge is -2.20. The summed E-state index contributed by atoms with van der Waals surface area (Å²) in [6, 6.07) is -0.154. The van der Waals surface area contributed by atoms with Crippen LogP contribution >= 0.6 is 0 Å². The van der Waals surface area contributed by atoms with Crippen molar-refractivity contribution < 1.29 is 4.52 Å². The average Bonchev–Trinajstić information content (AvgIpc) is 3.13. The number of nitrogens with two attached hydrogens (primary N) is 1. The van der Waals surface area contributed by atoms with Gasteiger partial charge in [0.25, 0.3) is 0 Å². The highest BCUT2D eigenvalue weighted by atomic mass is 16.5. The summed E-state index contributed by atoms with van der Waals surface area (Å²) in [4.78, 5) is 6.74. The molecule has 5 heteroatoms. The molecule has 0 aromatic carbocycles. The number of aromatic nitrogens is 2. The number of likely N-dealkylation sites (N-methyl/N-ethyl adjacent to an activating group) is 1. The van der Waals surface area contributed by atoms with Crippen molar-refractivity contribution in [1.82, 2.24) is 15.0 Å². The lowest BCUT2D eigenvalue weighted by atomic mass is 10.0. The summed E-state index contributed by atoms with van der Waals surface area (Å²) in [5.41, 5.74) is 6.15. The first kappa shape index (κ1) is 15.4. The van der Waals surface area contributed by atoms with Gasteiger partial charge in [0.2, 0.25) is 5.89 Å². The molecule has 1 saturated carbocycles. The maximum Gasteiger partial charge on any atom is 0.226 e. The predicted octanol–water partition coefficient (Wildman–Crippen LogP) is 2.53. The first-order valence-corrected chi connectivity index (χ1v) is 8.03. The fourth-order valence-corrected chi connectivity index (χ4v) is 2.99. The molecule has 1 heterocycles. The molecule has 0 aliphatic heterocycles. The molecule has 1 unspecified atom stereocenters. The summed E-state index contributed by atoms with van der Waals surface area (Å²) >= 11 is 0. The van der Waals surface area contributed by atoms with E-state index in [1.807, 2.05) is 0 Å². The summed E-state index contributed by atoms with van der Waals surface area (Å²) in [6.07, 6.45) is 7.57. The van der Waals surface area contributed by atoms with Gasteiger partial charge in [-0.25, -0.2) is 0 Å². The Morgan fingerprint density at radius 1 is 1.30 bits per heavy atom. The second kappa shape index (κ2) is 7.74. The molecular weight excluding hydrogens is 252 g/mol. The SMILES string of the molecule is CCN(CC)CC(N)c1noc(CCC2CCCC2)n1. The van der Waals surface area contributed by atoms with Gasteiger partial charge in [-0.3, -0.25) is 0 Å². The Morgan fingerprint density at radius 3 is 2.65 bits per heavy atom. The first-order chi connectivity index (χ1) is 9.72. The van der Waals surface area contributed by atoms with E-state index in [1.165, 1.54) is 32.1 Å². The molecule has 2 rings (SSSR count). The van der Waals surface area contributed by atoms with Gasteiger partial charge < -0.3 is 15.2 Å². The van der Waals surface area contributed by atoms with E-state index in [1.54, 1.807) is 0 Å². The van der Waals surface area contributed by atoms with Gasteiger partial charge in [-0.15, -0.1) is 0 Å². The van der Waals surface area contributed by atoms with Crippen molar-refractivity contribution in [3.8, 4) is 0 Å². The van der Waals surface area contributed by atoms with Crippen molar-refractivity contribution in [2.75, 3.05) is 19.6 Å². The van der Waals surface area contributed by atoms with E-state index in [9.17, 15) is 0 Å². The van der Waals surface area contributed by atoms with E-state index in [-0.39, 0.29) is 6.04 Å². The Kier molecular flexibility index (Phi) is 5.98. The molecule has 1 aliphatic rings. The zero-order chi connectivity index (χ0) is 14.4. The minimum Gasteiger partial charge on any atom is -0.339 e. The van der Waals surface area contributed by atoms with Crippen molar-refractivity contribution in [3.63, 3.8) is 0 Å². The molecular formula is C15H28N4O. The van der Waals surface area contributed by atoms with Gasteiger partial charge in [-0.05, 0) is 25.4 Å². The summed E-state index contributed by atoms with van der Waals surface area (Å²) in [5, 5.41) is 4.05. The second-order valence-electron chi connectivity index (χ2n) is 5.83. The number of rotatable bonds is 8. The highest BCUT2D eigenvalue weighted by Gasteiger charge is 2.19. The van der Waals surface area contributed by atoms with Crippen LogP contribution in [0, 0.1) is 5.92 Å². The van der Waals surface area contributed by atoms with Crippen LogP contribution in [0.5, 0.6) is 0 Å². The van der Waals surface area contributed by atoms with Crippen LogP contribution in [0.2, 0.25) is 0 Å². The smallest absolute Gasteiger partial charge is 0.226 e. The molecule has 20 heavy (non-hydrogen) atoms. The molecule has 0 amide bonds. The Bertz CT molecular complexity index is 383. The van der Waals surface area contributed by atoms with Crippen LogP contribution in [-0.4, -0.2) is 34.7 Å². The Labute approximate surface area is 121 Å². The lowest BCUT2D eigenvalue weighted by molar-refractivity contribution is 0.277. The van der Waals surface area contributed by atoms with Gasteiger partial charge >= 0.3 is 0 Å². The van der Waals surface area contributed by atoms with E-state index in [0.29, 0.717) is 5.82 Å². The minimum atomic E-state index is -0.154. The third-order valence-electron chi connectivity index (χ3n) is 4.41. The Hall–Kier alpha value is -0.940. The van der Waals surface area contributed by atoms with Crippen molar-refractivity contribution in [2.45, 2.75) is 58.4 Å². The van der Waals surface area contributed by atoms with Gasteiger partial charge in [0, 0.05) is 13.0 Å². The molecule has 0 radical (unpaired) electrons. The summed E-state index contributed by atoms with van der Waals surface area (Å²) in [5.74, 6) is 2.26. The van der Waals surface area contributed by atoms with E-state index in [4.69, 9.17) is 10.3 Å². The largest absolute Gasteiger partial charge is 0.339 e. The highest BCUT2D eigenvalue weighted by molar-refractivity contribution is 4.94. The van der Waals surface area contributed by atoms with Gasteiger partial charge in [0.15, 0.2) is 5.82 Å². The normalized spacial score (nSPS) is 18.0. The second-order valence-corrected chi connectivity index (χ2v) is 5.83. The van der Waals surface area contributed by atoms with E-state index in [2.05, 4.69) is 28.9 Å². The van der Waals surface area contributed by atoms with Crippen molar-refractivity contribution in [2.24, 2.45) is 11.7 Å². The van der Waals surface area contributed by atoms with Crippen LogP contribution in [-0.2, 0) is 6.42 Å². The lowest BCUT2D eigenvalue weighted by Crippen LogP contribution is -2.32. The molecule has 1 fully saturated rings. The maximum absolute atomic E-state index is 6.15. The summed E-state index contributed by atoms with van der Waals surface area (Å²) < 4.78 is 5.33. The molecule has 2 N–H and O–H groups in total. The molecule has 1 atom stereocenters. The summed E-state index contributed by atoms with van der Waals surface area (Å²) in [6.45, 7) is 7.06. The minimum absolute atomic E-state index is 0.154. The summed E-state index contributed by atoms with van der Waals surface area (Å²) in [7, 11) is 0. The van der Waals surface area contributed by atoms with Crippen LogP contribution < -0.4 is 5.73 Å². The van der Waals surface area contributed by atoms with Crippen molar-refractivity contribution in [1.29, 1.82) is 0 Å².